The molecule has 0 aliphatic carbocycles. The first kappa shape index (κ1) is 59.6. The van der Waals surface area contributed by atoms with Gasteiger partial charge in [-0.15, -0.1) is 0 Å². The number of H-pyrrole nitrogens is 2. The maximum absolute atomic E-state index is 13.7. The highest BCUT2D eigenvalue weighted by molar-refractivity contribution is 7.41. The van der Waals surface area contributed by atoms with Crippen molar-refractivity contribution < 1.29 is 31.9 Å². The fourth-order valence-electron chi connectivity index (χ4n) is 11.4. The first-order valence-electron chi connectivity index (χ1n) is 27.7. The van der Waals surface area contributed by atoms with Crippen molar-refractivity contribution in [1.29, 1.82) is 0 Å². The Hall–Kier alpha value is -6.00. The normalized spacial score (nSPS) is 21.0. The molecule has 19 heteroatoms. The molecule has 3 N–H and O–H groups in total. The summed E-state index contributed by atoms with van der Waals surface area (Å²) in [4.78, 5) is 57.8. The topological polar surface area (TPSA) is 186 Å². The smallest absolute Gasteiger partial charge is 0.333 e. The molecule has 7 aromatic rings. The van der Waals surface area contributed by atoms with Gasteiger partial charge in [-0.3, -0.25) is 28.7 Å². The van der Waals surface area contributed by atoms with Gasteiger partial charge in [0.25, 0.3) is 27.8 Å². The van der Waals surface area contributed by atoms with E-state index in [0.717, 1.165) is 26.3 Å². The summed E-state index contributed by atoms with van der Waals surface area (Å²) in [6.45, 7) is 18.5. The van der Waals surface area contributed by atoms with Gasteiger partial charge >= 0.3 is 20.0 Å². The Kier molecular flexibility index (Phi) is 18.6. The number of aromatic nitrogens is 4. The number of hydrogen-bond donors (Lipinski definition) is 3. The van der Waals surface area contributed by atoms with E-state index >= 15 is 0 Å². The van der Waals surface area contributed by atoms with E-state index in [-0.39, 0.29) is 37.1 Å². The predicted octanol–water partition coefficient (Wildman–Crippen LogP) is 7.79. The van der Waals surface area contributed by atoms with Crippen LogP contribution in [0.15, 0.2) is 183 Å². The van der Waals surface area contributed by atoms with Crippen molar-refractivity contribution in [2.24, 2.45) is 0 Å². The van der Waals surface area contributed by atoms with Crippen molar-refractivity contribution in [3.8, 4) is 0 Å². The lowest BCUT2D eigenvalue weighted by Crippen LogP contribution is -2.68. The molecule has 16 nitrogen and oxygen atoms in total. The maximum atomic E-state index is 13.7. The van der Waals surface area contributed by atoms with Crippen molar-refractivity contribution in [3.05, 3.63) is 222 Å². The Morgan fingerprint density at radius 3 is 1.41 bits per heavy atom. The summed E-state index contributed by atoms with van der Waals surface area (Å²) in [5.74, 6) is 0. The molecule has 0 amide bonds. The van der Waals surface area contributed by atoms with Gasteiger partial charge in [0.15, 0.2) is 0 Å². The molecule has 0 radical (unpaired) electrons. The highest BCUT2D eigenvalue weighted by Gasteiger charge is 2.55. The Morgan fingerprint density at radius 2 is 0.988 bits per heavy atom. The van der Waals surface area contributed by atoms with Crippen LogP contribution in [0.25, 0.3) is 0 Å². The van der Waals surface area contributed by atoms with Gasteiger partial charge in [0.05, 0.1) is 25.4 Å². The Labute approximate surface area is 477 Å². The van der Waals surface area contributed by atoms with Gasteiger partial charge in [-0.05, 0) is 64.2 Å². The quantitative estimate of drug-likeness (QED) is 0.0469. The number of hydrogen-bond acceptors (Lipinski definition) is 12. The highest BCUT2D eigenvalue weighted by Crippen LogP contribution is 2.51. The molecule has 2 fully saturated rings. The van der Waals surface area contributed by atoms with Crippen LogP contribution in [-0.2, 0) is 31.9 Å². The van der Waals surface area contributed by atoms with E-state index in [9.17, 15) is 19.2 Å². The molecule has 1 unspecified atom stereocenters. The van der Waals surface area contributed by atoms with Crippen molar-refractivity contribution >= 4 is 46.0 Å². The zero-order valence-corrected chi connectivity index (χ0v) is 50.8. The molecule has 9 rings (SSSR count). The highest BCUT2D eigenvalue weighted by atomic mass is 31.2. The minimum atomic E-state index is -3.27. The van der Waals surface area contributed by atoms with Crippen LogP contribution in [0.4, 0.5) is 0 Å². The molecule has 0 spiro atoms. The van der Waals surface area contributed by atoms with Crippen molar-refractivity contribution in [2.75, 3.05) is 20.3 Å². The number of benzene rings is 5. The summed E-state index contributed by atoms with van der Waals surface area (Å²) in [5.41, 5.74) is -0.636. The third kappa shape index (κ3) is 12.7. The van der Waals surface area contributed by atoms with E-state index in [1.807, 2.05) is 117 Å². The molecule has 2 aromatic heterocycles. The zero-order valence-electron chi connectivity index (χ0n) is 47.9. The van der Waals surface area contributed by atoms with Crippen LogP contribution in [0.1, 0.15) is 96.6 Å². The largest absolute Gasteiger partial charge is 0.405 e. The van der Waals surface area contributed by atoms with Crippen molar-refractivity contribution in [1.82, 2.24) is 24.4 Å². The van der Waals surface area contributed by atoms with E-state index in [0.29, 0.717) is 11.1 Å². The molecule has 5 aromatic carbocycles. The van der Waals surface area contributed by atoms with Crippen molar-refractivity contribution in [3.63, 3.8) is 0 Å². The second-order valence-corrected chi connectivity index (χ2v) is 32.8. The standard InChI is InChI=1S/C62H76N5O11PSi2/c1-42-38-66(59(70)64-57(42)68)54-36-50(53(75-54)41-73-80(61(4,5)6,46-28-18-12-19-29-46)47-30-20-13-21-31-47)76-79(77-56(44(3)63-10)45-26-16-11-17-27-45)72-40-52-51(37-55(74-52)67-39-43(2)58(69)65-60(67)71)78-81(62(7,8)9,48-32-22-14-23-33-48)49-34-24-15-25-35-49/h11-35,38-39,44,50-56,63H,36-37,40-41H2,1-10H3,(H,64,68,70)(H,65,69,71)/t44-,50+,51+,52-,53-,54-,55-,56-,79?/m1/s1. The SMILES string of the molecule is CN[C@H](C)[C@@H](OP(OC[C@H]1O[C@@H](n2cc(C)c(=O)[nH]c2=O)C[C@@H]1O[Si](c1ccccc1)(c1ccccc1)C(C)(C)C)O[C@H]1C[C@H](n2cc(C)c(=O)[nH]c2=O)O[C@@H]1CO[Si](c1ccccc1)(c1ccccc1)C(C)(C)C)c1ccccc1. The molecule has 0 bridgehead atoms. The molecule has 2 aliphatic heterocycles. The molecule has 2 aliphatic rings. The lowest BCUT2D eigenvalue weighted by Gasteiger charge is -2.45. The predicted molar refractivity (Wildman–Crippen MR) is 322 cm³/mol. The van der Waals surface area contributed by atoms with E-state index in [1.165, 1.54) is 21.5 Å². The molecule has 2 saturated heterocycles. The van der Waals surface area contributed by atoms with Gasteiger partial charge in [-0.2, -0.15) is 0 Å². The second kappa shape index (κ2) is 25.2. The van der Waals surface area contributed by atoms with Gasteiger partial charge in [0, 0.05) is 42.4 Å². The molecular formula is C62H76N5O11PSi2. The summed E-state index contributed by atoms with van der Waals surface area (Å²) in [7, 11) is -6.93. The molecule has 4 heterocycles. The summed E-state index contributed by atoms with van der Waals surface area (Å²) >= 11 is 0. The van der Waals surface area contributed by atoms with Crippen LogP contribution < -0.4 is 48.6 Å². The average molecular weight is 1150 g/mol. The van der Waals surface area contributed by atoms with Crippen LogP contribution in [0.3, 0.4) is 0 Å². The van der Waals surface area contributed by atoms with E-state index in [1.54, 1.807) is 13.8 Å². The molecule has 81 heavy (non-hydrogen) atoms. The van der Waals surface area contributed by atoms with Crippen LogP contribution >= 0.6 is 8.60 Å². The number of aryl methyl sites for hydroxylation is 2. The summed E-state index contributed by atoms with van der Waals surface area (Å²) < 4.78 is 53.5. The number of nitrogens with zero attached hydrogens (tertiary/aromatic N) is 2. The minimum absolute atomic E-state index is 0.0545. The number of nitrogens with one attached hydrogen (secondary N) is 3. The van der Waals surface area contributed by atoms with E-state index in [4.69, 9.17) is 31.9 Å². The first-order valence-corrected chi connectivity index (χ1v) is 32.6. The Balaban J connectivity index is 1.13. The third-order valence-electron chi connectivity index (χ3n) is 15.7. The number of likely N-dealkylation sites (N-methyl/N-ethyl adjacent to an activating group) is 1. The lowest BCUT2D eigenvalue weighted by molar-refractivity contribution is -0.0541. The Bertz CT molecular complexity index is 3350. The number of aromatic amines is 2. The summed E-state index contributed by atoms with van der Waals surface area (Å²) in [6, 6.07) is 50.9. The molecule has 428 valence electrons. The fourth-order valence-corrected chi connectivity index (χ4v) is 22.1. The average Bonchev–Trinajstić information content (AvgIpc) is 3.95. The van der Waals surface area contributed by atoms with Gasteiger partial charge in [0.2, 0.25) is 0 Å². The first-order chi connectivity index (χ1) is 38.7. The second-order valence-electron chi connectivity index (χ2n) is 23.2. The minimum Gasteiger partial charge on any atom is -0.405 e. The van der Waals surface area contributed by atoms with Gasteiger partial charge in [-0.1, -0.05) is 193 Å². The zero-order chi connectivity index (χ0) is 57.7. The maximum Gasteiger partial charge on any atom is 0.333 e. The van der Waals surface area contributed by atoms with Gasteiger partial charge in [0.1, 0.15) is 30.8 Å². The van der Waals surface area contributed by atoms with Crippen molar-refractivity contribution in [2.45, 2.75) is 134 Å². The van der Waals surface area contributed by atoms with E-state index in [2.05, 4.69) is 105 Å². The summed E-state index contributed by atoms with van der Waals surface area (Å²) in [5, 5.41) is 6.85. The number of rotatable bonds is 21. The fraction of sp³-hybridized carbons (Fsp3) is 0.387. The molecule has 0 saturated carbocycles. The summed E-state index contributed by atoms with van der Waals surface area (Å²) in [6.07, 6.45) is -1.98. The molecule has 9 atom stereocenters. The van der Waals surface area contributed by atoms with Gasteiger partial charge in [-0.25, -0.2) is 9.59 Å². The van der Waals surface area contributed by atoms with Crippen LogP contribution in [0.2, 0.25) is 10.1 Å². The lowest BCUT2D eigenvalue weighted by atomic mass is 10.0. The van der Waals surface area contributed by atoms with E-state index < -0.39 is 95.7 Å². The van der Waals surface area contributed by atoms with Crippen LogP contribution in [0.5, 0.6) is 0 Å². The number of ether oxygens (including phenoxy) is 2. The molecular weight excluding hydrogens is 1080 g/mol. The Morgan fingerprint density at radius 1 is 0.593 bits per heavy atom. The third-order valence-corrected chi connectivity index (χ3v) is 27.0. The van der Waals surface area contributed by atoms with Gasteiger partial charge < -0.3 is 37.2 Å². The monoisotopic (exact) mass is 1150 g/mol. The van der Waals surface area contributed by atoms with Crippen LogP contribution in [-0.4, -0.2) is 86.5 Å². The van der Waals surface area contributed by atoms with Crippen LogP contribution in [0, 0.1) is 13.8 Å².